The molecule has 5 nitrogen and oxygen atoms in total. The molecule has 0 unspecified atom stereocenters. The number of rotatable bonds is 3. The van der Waals surface area contributed by atoms with E-state index >= 15 is 0 Å². The molecule has 114 valence electrons. The number of hydrogen-bond donors (Lipinski definition) is 1. The summed E-state index contributed by atoms with van der Waals surface area (Å²) in [5.41, 5.74) is 0.951. The molecule has 1 aromatic carbocycles. The molecule has 0 bridgehead atoms. The fourth-order valence-corrected chi connectivity index (χ4v) is 2.46. The van der Waals surface area contributed by atoms with E-state index in [4.69, 9.17) is 16.3 Å². The number of amides is 2. The van der Waals surface area contributed by atoms with Gasteiger partial charge >= 0.3 is 11.8 Å². The van der Waals surface area contributed by atoms with Crippen molar-refractivity contribution in [3.8, 4) is 0 Å². The van der Waals surface area contributed by atoms with Gasteiger partial charge in [0.1, 0.15) is 0 Å². The van der Waals surface area contributed by atoms with Gasteiger partial charge in [0.05, 0.1) is 12.7 Å². The minimum atomic E-state index is -0.573. The molecule has 1 heterocycles. The SMILES string of the molecule is C[C@@H]1CN(C(=O)C(=O)NCCc2ccccc2Cl)CCO1. The van der Waals surface area contributed by atoms with Gasteiger partial charge in [-0.3, -0.25) is 9.59 Å². The van der Waals surface area contributed by atoms with Crippen LogP contribution in [0.4, 0.5) is 0 Å². The standard InChI is InChI=1S/C15H19ClN2O3/c1-11-10-18(8-9-21-11)15(20)14(19)17-7-6-12-4-2-3-5-13(12)16/h2-5,11H,6-10H2,1H3,(H,17,19)/t11-/m1/s1. The first-order chi connectivity index (χ1) is 10.1. The fraction of sp³-hybridized carbons (Fsp3) is 0.467. The molecule has 1 N–H and O–H groups in total. The van der Waals surface area contributed by atoms with Gasteiger partial charge in [-0.1, -0.05) is 29.8 Å². The second-order valence-corrected chi connectivity index (χ2v) is 5.44. The number of nitrogens with zero attached hydrogens (tertiary/aromatic N) is 1. The molecule has 21 heavy (non-hydrogen) atoms. The number of carbonyl (C=O) groups excluding carboxylic acids is 2. The van der Waals surface area contributed by atoms with Crippen molar-refractivity contribution in [2.45, 2.75) is 19.4 Å². The molecule has 0 aliphatic carbocycles. The Kier molecular flexibility index (Phi) is 5.59. The molecule has 1 aromatic rings. The van der Waals surface area contributed by atoms with E-state index in [0.717, 1.165) is 5.56 Å². The Labute approximate surface area is 129 Å². The molecule has 0 saturated carbocycles. The highest BCUT2D eigenvalue weighted by molar-refractivity contribution is 6.35. The van der Waals surface area contributed by atoms with E-state index in [2.05, 4.69) is 5.32 Å². The molecule has 2 amide bonds. The Morgan fingerprint density at radius 2 is 2.19 bits per heavy atom. The first kappa shape index (κ1) is 15.8. The van der Waals surface area contributed by atoms with Crippen LogP contribution in [0, 0.1) is 0 Å². The van der Waals surface area contributed by atoms with Crippen LogP contribution in [0.2, 0.25) is 5.02 Å². The molecule has 0 spiro atoms. The summed E-state index contributed by atoms with van der Waals surface area (Å²) >= 11 is 6.04. The molecule has 6 heteroatoms. The summed E-state index contributed by atoms with van der Waals surface area (Å²) in [7, 11) is 0. The third-order valence-electron chi connectivity index (χ3n) is 3.36. The van der Waals surface area contributed by atoms with Gasteiger partial charge in [-0.15, -0.1) is 0 Å². The highest BCUT2D eigenvalue weighted by Crippen LogP contribution is 2.14. The zero-order chi connectivity index (χ0) is 15.2. The predicted octanol–water partition coefficient (Wildman–Crippen LogP) is 1.25. The third-order valence-corrected chi connectivity index (χ3v) is 3.73. The molecular weight excluding hydrogens is 292 g/mol. The topological polar surface area (TPSA) is 58.6 Å². The summed E-state index contributed by atoms with van der Waals surface area (Å²) in [5.74, 6) is -1.07. The summed E-state index contributed by atoms with van der Waals surface area (Å²) < 4.78 is 5.35. The first-order valence-electron chi connectivity index (χ1n) is 7.00. The maximum absolute atomic E-state index is 12.0. The summed E-state index contributed by atoms with van der Waals surface area (Å²) in [6, 6.07) is 7.45. The quantitative estimate of drug-likeness (QED) is 0.855. The van der Waals surface area contributed by atoms with E-state index in [1.165, 1.54) is 4.90 Å². The van der Waals surface area contributed by atoms with Crippen molar-refractivity contribution in [2.24, 2.45) is 0 Å². The Bertz CT molecular complexity index is 521. The molecule has 1 aliphatic heterocycles. The summed E-state index contributed by atoms with van der Waals surface area (Å²) in [6.45, 7) is 3.65. The monoisotopic (exact) mass is 310 g/mol. The predicted molar refractivity (Wildman–Crippen MR) is 80.2 cm³/mol. The number of hydrogen-bond acceptors (Lipinski definition) is 3. The van der Waals surface area contributed by atoms with Gasteiger partial charge in [0, 0.05) is 24.7 Å². The summed E-state index contributed by atoms with van der Waals surface area (Å²) in [5, 5.41) is 3.31. The fourth-order valence-electron chi connectivity index (χ4n) is 2.23. The van der Waals surface area contributed by atoms with Crippen molar-refractivity contribution in [3.63, 3.8) is 0 Å². The molecule has 1 atom stereocenters. The Balaban J connectivity index is 1.79. The number of carbonyl (C=O) groups is 2. The lowest BCUT2D eigenvalue weighted by Gasteiger charge is -2.30. The van der Waals surface area contributed by atoms with E-state index in [1.807, 2.05) is 25.1 Å². The maximum Gasteiger partial charge on any atom is 0.312 e. The normalized spacial score (nSPS) is 18.4. The van der Waals surface area contributed by atoms with Crippen LogP contribution in [0.1, 0.15) is 12.5 Å². The van der Waals surface area contributed by atoms with E-state index in [-0.39, 0.29) is 6.10 Å². The van der Waals surface area contributed by atoms with Crippen molar-refractivity contribution >= 4 is 23.4 Å². The van der Waals surface area contributed by atoms with Gasteiger partial charge in [-0.25, -0.2) is 0 Å². The second kappa shape index (κ2) is 7.43. The Morgan fingerprint density at radius 1 is 1.43 bits per heavy atom. The van der Waals surface area contributed by atoms with Crippen LogP contribution in [0.3, 0.4) is 0 Å². The van der Waals surface area contributed by atoms with Crippen molar-refractivity contribution in [1.82, 2.24) is 10.2 Å². The maximum atomic E-state index is 12.0. The van der Waals surface area contributed by atoms with Gasteiger partial charge in [0.2, 0.25) is 0 Å². The van der Waals surface area contributed by atoms with Crippen LogP contribution < -0.4 is 5.32 Å². The molecule has 0 aromatic heterocycles. The number of halogens is 1. The number of benzene rings is 1. The van der Waals surface area contributed by atoms with Gasteiger partial charge in [-0.2, -0.15) is 0 Å². The van der Waals surface area contributed by atoms with Crippen molar-refractivity contribution < 1.29 is 14.3 Å². The number of nitrogens with one attached hydrogen (secondary N) is 1. The smallest absolute Gasteiger partial charge is 0.312 e. The lowest BCUT2D eigenvalue weighted by molar-refractivity contribution is -0.150. The zero-order valence-electron chi connectivity index (χ0n) is 12.0. The van der Waals surface area contributed by atoms with Crippen LogP contribution in [0.5, 0.6) is 0 Å². The minimum Gasteiger partial charge on any atom is -0.375 e. The third kappa shape index (κ3) is 4.44. The van der Waals surface area contributed by atoms with Crippen molar-refractivity contribution in [1.29, 1.82) is 0 Å². The largest absolute Gasteiger partial charge is 0.375 e. The molecule has 2 rings (SSSR count). The second-order valence-electron chi connectivity index (χ2n) is 5.03. The van der Waals surface area contributed by atoms with Crippen molar-refractivity contribution in [3.05, 3.63) is 34.9 Å². The Morgan fingerprint density at radius 3 is 2.90 bits per heavy atom. The van der Waals surface area contributed by atoms with Crippen LogP contribution in [-0.2, 0) is 20.7 Å². The van der Waals surface area contributed by atoms with Gasteiger partial charge in [0.25, 0.3) is 0 Å². The van der Waals surface area contributed by atoms with Gasteiger partial charge in [-0.05, 0) is 25.0 Å². The molecular formula is C15H19ClN2O3. The molecule has 1 fully saturated rings. The van der Waals surface area contributed by atoms with E-state index < -0.39 is 11.8 Å². The Hall–Kier alpha value is -1.59. The number of ether oxygens (including phenoxy) is 1. The van der Waals surface area contributed by atoms with E-state index in [0.29, 0.717) is 37.7 Å². The molecule has 1 saturated heterocycles. The van der Waals surface area contributed by atoms with Gasteiger partial charge in [0.15, 0.2) is 0 Å². The average Bonchev–Trinajstić information content (AvgIpc) is 2.48. The van der Waals surface area contributed by atoms with E-state index in [9.17, 15) is 9.59 Å². The lowest BCUT2D eigenvalue weighted by Crippen LogP contribution is -2.50. The van der Waals surface area contributed by atoms with Crippen LogP contribution in [-0.4, -0.2) is 49.1 Å². The highest BCUT2D eigenvalue weighted by atomic mass is 35.5. The lowest BCUT2D eigenvalue weighted by atomic mass is 10.1. The molecule has 1 aliphatic rings. The van der Waals surface area contributed by atoms with Gasteiger partial charge < -0.3 is 15.0 Å². The minimum absolute atomic E-state index is 0.0291. The zero-order valence-corrected chi connectivity index (χ0v) is 12.7. The molecule has 0 radical (unpaired) electrons. The average molecular weight is 311 g/mol. The highest BCUT2D eigenvalue weighted by Gasteiger charge is 2.26. The van der Waals surface area contributed by atoms with E-state index in [1.54, 1.807) is 6.07 Å². The van der Waals surface area contributed by atoms with Crippen LogP contribution in [0.25, 0.3) is 0 Å². The number of morpholine rings is 1. The first-order valence-corrected chi connectivity index (χ1v) is 7.38. The van der Waals surface area contributed by atoms with Crippen LogP contribution >= 0.6 is 11.6 Å². The summed E-state index contributed by atoms with van der Waals surface area (Å²) in [6.07, 6.45) is 0.566. The van der Waals surface area contributed by atoms with Crippen LogP contribution in [0.15, 0.2) is 24.3 Å². The van der Waals surface area contributed by atoms with Crippen molar-refractivity contribution in [2.75, 3.05) is 26.2 Å². The summed E-state index contributed by atoms with van der Waals surface area (Å²) in [4.78, 5) is 25.4.